The fourth-order valence-corrected chi connectivity index (χ4v) is 5.63. The number of carbonyl (C=O) groups is 2. The summed E-state index contributed by atoms with van der Waals surface area (Å²) >= 11 is 1.56. The molecule has 3 fully saturated rings. The Morgan fingerprint density at radius 1 is 1.00 bits per heavy atom. The number of ether oxygens (including phenoxy) is 1. The van der Waals surface area contributed by atoms with Gasteiger partial charge in [-0.25, -0.2) is 0 Å². The van der Waals surface area contributed by atoms with Crippen LogP contribution in [-0.4, -0.2) is 48.5 Å². The van der Waals surface area contributed by atoms with Crippen LogP contribution < -0.4 is 22.3 Å². The number of rotatable bonds is 7. The molecule has 186 valence electrons. The van der Waals surface area contributed by atoms with Gasteiger partial charge in [0, 0.05) is 48.9 Å². The highest BCUT2D eigenvalue weighted by Gasteiger charge is 2.48. The van der Waals surface area contributed by atoms with Crippen LogP contribution in [0.4, 0.5) is 5.69 Å². The van der Waals surface area contributed by atoms with Crippen LogP contribution in [0.25, 0.3) is 0 Å². The van der Waals surface area contributed by atoms with Crippen LogP contribution >= 0.6 is 11.3 Å². The van der Waals surface area contributed by atoms with Crippen LogP contribution in [0.15, 0.2) is 77.5 Å². The van der Waals surface area contributed by atoms with E-state index >= 15 is 0 Å². The van der Waals surface area contributed by atoms with E-state index in [-0.39, 0.29) is 34.8 Å². The highest BCUT2D eigenvalue weighted by Crippen LogP contribution is 2.35. The fraction of sp³-hybridized carbons (Fsp3) is 0.357. The fourth-order valence-electron chi connectivity index (χ4n) is 4.97. The predicted octanol–water partition coefficient (Wildman–Crippen LogP) is 2.41. The third kappa shape index (κ3) is 7.75. The molecule has 5 nitrogen and oxygen atoms in total. The second-order valence-corrected chi connectivity index (χ2v) is 10.0. The van der Waals surface area contributed by atoms with Gasteiger partial charge in [0.15, 0.2) is 6.10 Å². The smallest absolute Gasteiger partial charge is 0.303 e. The lowest BCUT2D eigenvalue weighted by atomic mass is 9.83. The van der Waals surface area contributed by atoms with E-state index in [1.807, 2.05) is 41.1 Å². The van der Waals surface area contributed by atoms with Gasteiger partial charge in [0.05, 0.1) is 13.1 Å². The number of thiophene rings is 1. The normalized spacial score (nSPS) is 22.2. The van der Waals surface area contributed by atoms with Crippen molar-refractivity contribution in [3.8, 4) is 0 Å². The summed E-state index contributed by atoms with van der Waals surface area (Å²) in [6, 6.07) is 22.5. The molecular formula is C28H33BrN2O3S. The van der Waals surface area contributed by atoms with Crippen molar-refractivity contribution in [3.63, 3.8) is 0 Å². The molecule has 3 saturated heterocycles. The minimum absolute atomic E-state index is 0. The van der Waals surface area contributed by atoms with Crippen molar-refractivity contribution in [1.82, 2.24) is 0 Å². The highest BCUT2D eigenvalue weighted by molar-refractivity contribution is 7.08. The van der Waals surface area contributed by atoms with E-state index in [0.29, 0.717) is 12.5 Å². The molecule has 0 amide bonds. The molecule has 35 heavy (non-hydrogen) atoms. The first-order valence-electron chi connectivity index (χ1n) is 11.9. The Balaban J connectivity index is 0.000000202. The molecule has 0 saturated carbocycles. The first-order valence-corrected chi connectivity index (χ1v) is 12.9. The number of quaternary nitrogens is 1. The molecule has 3 aliphatic heterocycles. The van der Waals surface area contributed by atoms with Gasteiger partial charge in [-0.3, -0.25) is 9.59 Å². The van der Waals surface area contributed by atoms with E-state index < -0.39 is 0 Å². The average Bonchev–Trinajstić information content (AvgIpc) is 3.40. The molecule has 2 aromatic carbocycles. The first-order chi connectivity index (χ1) is 16.5. The molecular weight excluding hydrogens is 524 g/mol. The average molecular weight is 558 g/mol. The number of carbonyl (C=O) groups excluding carboxylic acids is 2. The molecule has 3 aromatic rings. The molecule has 1 unspecified atom stereocenters. The largest absolute Gasteiger partial charge is 1.00 e. The topological polar surface area (TPSA) is 55.4 Å². The Morgan fingerprint density at radius 2 is 1.66 bits per heavy atom. The van der Waals surface area contributed by atoms with Gasteiger partial charge in [-0.15, -0.1) is 0 Å². The minimum atomic E-state index is -0.203. The molecule has 6 rings (SSSR count). The van der Waals surface area contributed by atoms with Gasteiger partial charge in [0.1, 0.15) is 13.1 Å². The zero-order valence-corrected chi connectivity index (χ0v) is 22.5. The molecule has 4 heterocycles. The molecule has 1 N–H and O–H groups in total. The lowest BCUT2D eigenvalue weighted by molar-refractivity contribution is -0.938. The van der Waals surface area contributed by atoms with Gasteiger partial charge in [-0.1, -0.05) is 48.5 Å². The molecule has 1 aromatic heterocycles. The van der Waals surface area contributed by atoms with Crippen LogP contribution in [0.1, 0.15) is 35.7 Å². The number of ketones is 1. The number of benzene rings is 2. The molecule has 0 radical (unpaired) electrons. The SMILES string of the molecule is CC(=O)OC1C[N+]2(CC(=O)c3ccsc3)CCC1CC2.[Br-].c1ccc(CNc2ccccc2)cc1. The van der Waals surface area contributed by atoms with Crippen molar-refractivity contribution < 1.29 is 35.8 Å². The lowest BCUT2D eigenvalue weighted by Crippen LogP contribution is -3.00. The molecule has 1 atom stereocenters. The summed E-state index contributed by atoms with van der Waals surface area (Å²) in [5.74, 6) is 0.509. The summed E-state index contributed by atoms with van der Waals surface area (Å²) < 4.78 is 6.25. The minimum Gasteiger partial charge on any atom is -1.00 e. The number of halogens is 1. The van der Waals surface area contributed by atoms with Crippen molar-refractivity contribution in [2.45, 2.75) is 32.4 Å². The van der Waals surface area contributed by atoms with Crippen LogP contribution in [-0.2, 0) is 16.1 Å². The van der Waals surface area contributed by atoms with E-state index in [9.17, 15) is 9.59 Å². The maximum Gasteiger partial charge on any atom is 0.303 e. The van der Waals surface area contributed by atoms with E-state index in [2.05, 4.69) is 41.7 Å². The number of nitrogens with zero attached hydrogens (tertiary/aromatic N) is 1. The third-order valence-electron chi connectivity index (χ3n) is 6.79. The van der Waals surface area contributed by atoms with Gasteiger partial charge < -0.3 is 31.5 Å². The zero-order valence-electron chi connectivity index (χ0n) is 20.1. The van der Waals surface area contributed by atoms with Gasteiger partial charge in [-0.2, -0.15) is 11.3 Å². The summed E-state index contributed by atoms with van der Waals surface area (Å²) in [7, 11) is 0. The summed E-state index contributed by atoms with van der Waals surface area (Å²) in [5, 5.41) is 7.22. The number of nitrogens with one attached hydrogen (secondary N) is 1. The van der Waals surface area contributed by atoms with E-state index in [1.54, 1.807) is 11.3 Å². The maximum atomic E-state index is 12.4. The van der Waals surface area contributed by atoms with Crippen LogP contribution in [0.3, 0.4) is 0 Å². The summed E-state index contributed by atoms with van der Waals surface area (Å²) in [4.78, 5) is 23.6. The van der Waals surface area contributed by atoms with Crippen molar-refractivity contribution in [3.05, 3.63) is 88.6 Å². The van der Waals surface area contributed by atoms with Crippen LogP contribution in [0, 0.1) is 5.92 Å². The summed E-state index contributed by atoms with van der Waals surface area (Å²) in [5.41, 5.74) is 3.28. The molecule has 0 spiro atoms. The Hall–Kier alpha value is -2.48. The number of hydrogen-bond donors (Lipinski definition) is 1. The monoisotopic (exact) mass is 556 g/mol. The van der Waals surface area contributed by atoms with Gasteiger partial charge in [0.25, 0.3) is 0 Å². The number of anilines is 1. The summed E-state index contributed by atoms with van der Waals surface area (Å²) in [6.45, 7) is 5.78. The quantitative estimate of drug-likeness (QED) is 0.276. The van der Waals surface area contributed by atoms with E-state index in [1.165, 1.54) is 12.5 Å². The van der Waals surface area contributed by atoms with Crippen LogP contribution in [0.5, 0.6) is 0 Å². The van der Waals surface area contributed by atoms with Gasteiger partial charge >= 0.3 is 5.97 Å². The number of Topliss-reactive ketones (excluding diaryl/α,β-unsaturated/α-hetero) is 1. The number of piperidine rings is 3. The Kier molecular flexibility index (Phi) is 10.1. The van der Waals surface area contributed by atoms with E-state index in [4.69, 9.17) is 4.74 Å². The Labute approximate surface area is 222 Å². The summed E-state index contributed by atoms with van der Waals surface area (Å²) in [6.07, 6.45) is 2.13. The van der Waals surface area contributed by atoms with Crippen molar-refractivity contribution in [2.24, 2.45) is 5.92 Å². The molecule has 0 aliphatic carbocycles. The number of esters is 1. The van der Waals surface area contributed by atoms with Crippen molar-refractivity contribution in [2.75, 3.05) is 31.5 Å². The van der Waals surface area contributed by atoms with Gasteiger partial charge in [-0.05, 0) is 29.1 Å². The molecule has 7 heteroatoms. The van der Waals surface area contributed by atoms with Crippen LogP contribution in [0.2, 0.25) is 0 Å². The van der Waals surface area contributed by atoms with Crippen molar-refractivity contribution in [1.29, 1.82) is 0 Å². The lowest BCUT2D eigenvalue weighted by Gasteiger charge is -2.51. The van der Waals surface area contributed by atoms with Gasteiger partial charge in [0.2, 0.25) is 5.78 Å². The standard InChI is InChI=1S/C15H20NO3S.C13H13N.BrH/c1-11(17)19-15-9-16(5-2-12(15)3-6-16)8-14(18)13-4-7-20-10-13;1-3-7-12(8-4-1)11-14-13-9-5-2-6-10-13;/h4,7,10,12,15H,2-3,5-6,8-9H2,1H3;1-10,14H,11H2;1H/q+1;;/p-1. The molecule has 2 bridgehead atoms. The highest BCUT2D eigenvalue weighted by atomic mass is 79.9. The predicted molar refractivity (Wildman–Crippen MR) is 137 cm³/mol. The Morgan fingerprint density at radius 3 is 2.26 bits per heavy atom. The Bertz CT molecular complexity index is 1010. The third-order valence-corrected chi connectivity index (χ3v) is 7.48. The second-order valence-electron chi connectivity index (χ2n) is 9.26. The molecule has 3 aliphatic rings. The number of hydrogen-bond acceptors (Lipinski definition) is 5. The second kappa shape index (κ2) is 13.0. The maximum absolute atomic E-state index is 12.4. The number of fused-ring (bicyclic) bond motifs is 3. The van der Waals surface area contributed by atoms with Crippen molar-refractivity contribution >= 4 is 28.8 Å². The zero-order chi connectivity index (χ0) is 23.8. The first kappa shape index (κ1) is 27.1. The van der Waals surface area contributed by atoms with E-state index in [0.717, 1.165) is 54.8 Å². The number of para-hydroxylation sites is 1.